The van der Waals surface area contributed by atoms with Gasteiger partial charge in [0.15, 0.2) is 10.8 Å². The number of fused-ring (bicyclic) bond motifs is 1. The number of carbonyl (C=O) groups is 3. The normalized spacial score (nSPS) is 23.7. The molecule has 3 N–H and O–H groups in total. The number of oxime groups is 1. The Kier molecular flexibility index (Phi) is 6.58. The molecule has 3 aliphatic rings. The zero-order valence-electron chi connectivity index (χ0n) is 15.7. The number of nitrogen functional groups attached to an aromatic ring is 1. The van der Waals surface area contributed by atoms with Gasteiger partial charge in [0.05, 0.1) is 11.7 Å². The number of amides is 2. The van der Waals surface area contributed by atoms with E-state index >= 15 is 0 Å². The van der Waals surface area contributed by atoms with Crippen LogP contribution in [-0.4, -0.2) is 57.7 Å². The first-order valence-corrected chi connectivity index (χ1v) is 10.4. The average molecular weight is 445 g/mol. The largest absolute Gasteiger partial charge is 1.00 e. The predicted octanol–water partition coefficient (Wildman–Crippen LogP) is -4.11. The van der Waals surface area contributed by atoms with E-state index in [9.17, 15) is 19.5 Å². The molecule has 2 aliphatic heterocycles. The Labute approximate surface area is 196 Å². The molecule has 1 aliphatic carbocycles. The van der Waals surface area contributed by atoms with Crippen LogP contribution >= 0.6 is 23.1 Å². The zero-order chi connectivity index (χ0) is 20.0. The topological polar surface area (TPSA) is 150 Å². The van der Waals surface area contributed by atoms with Gasteiger partial charge in [-0.2, -0.15) is 0 Å². The maximum atomic E-state index is 12.6. The molecular formula is C16H16N5NaO5S2. The summed E-state index contributed by atoms with van der Waals surface area (Å²) in [6.07, 6.45) is 1.85. The van der Waals surface area contributed by atoms with Crippen molar-refractivity contribution in [2.24, 2.45) is 11.1 Å². The van der Waals surface area contributed by atoms with E-state index in [1.165, 1.54) is 23.8 Å². The van der Waals surface area contributed by atoms with E-state index in [0.717, 1.165) is 29.8 Å². The van der Waals surface area contributed by atoms with Gasteiger partial charge in [0.25, 0.3) is 11.8 Å². The summed E-state index contributed by atoms with van der Waals surface area (Å²) in [5, 5.41) is 19.2. The van der Waals surface area contributed by atoms with Crippen molar-refractivity contribution in [1.29, 1.82) is 0 Å². The first kappa shape index (κ1) is 22.1. The minimum atomic E-state index is -1.36. The molecule has 0 bridgehead atoms. The number of carboxylic acids is 1. The van der Waals surface area contributed by atoms with E-state index in [1.54, 1.807) is 5.38 Å². The van der Waals surface area contributed by atoms with Crippen molar-refractivity contribution in [1.82, 2.24) is 15.2 Å². The van der Waals surface area contributed by atoms with E-state index in [1.807, 2.05) is 0 Å². The smallest absolute Gasteiger partial charge is 0.543 e. The molecule has 4 rings (SSSR count). The molecule has 148 valence electrons. The fraction of sp³-hybridized carbons (Fsp3) is 0.438. The first-order valence-electron chi connectivity index (χ1n) is 8.44. The Morgan fingerprint density at radius 1 is 1.45 bits per heavy atom. The second-order valence-electron chi connectivity index (χ2n) is 6.49. The summed E-state index contributed by atoms with van der Waals surface area (Å²) >= 11 is 2.56. The van der Waals surface area contributed by atoms with Crippen molar-refractivity contribution in [2.75, 3.05) is 18.6 Å². The van der Waals surface area contributed by atoms with Gasteiger partial charge < -0.3 is 25.8 Å². The number of hydrogen-bond donors (Lipinski definition) is 2. The molecule has 1 saturated carbocycles. The van der Waals surface area contributed by atoms with Crippen LogP contribution in [0.5, 0.6) is 0 Å². The summed E-state index contributed by atoms with van der Waals surface area (Å²) in [5.41, 5.74) is 6.42. The quantitative estimate of drug-likeness (QED) is 0.194. The minimum Gasteiger partial charge on any atom is -0.543 e. The fourth-order valence-corrected chi connectivity index (χ4v) is 5.28. The van der Waals surface area contributed by atoms with Crippen LogP contribution in [0.3, 0.4) is 0 Å². The van der Waals surface area contributed by atoms with Crippen LogP contribution < -0.4 is 45.7 Å². The van der Waals surface area contributed by atoms with Gasteiger partial charge in [-0.05, 0) is 24.3 Å². The van der Waals surface area contributed by atoms with Gasteiger partial charge in [0, 0.05) is 11.1 Å². The molecule has 0 unspecified atom stereocenters. The molecule has 29 heavy (non-hydrogen) atoms. The average Bonchev–Trinajstić information content (AvgIpc) is 3.43. The van der Waals surface area contributed by atoms with Crippen molar-refractivity contribution < 1.29 is 53.9 Å². The summed E-state index contributed by atoms with van der Waals surface area (Å²) in [7, 11) is 1.28. The number of hydrogen-bond acceptors (Lipinski definition) is 10. The Hall–Kier alpha value is -1.60. The number of aliphatic carboxylic acids is 1. The molecule has 1 aromatic rings. The van der Waals surface area contributed by atoms with Gasteiger partial charge in [0.1, 0.15) is 24.2 Å². The number of nitrogens with two attached hydrogens (primary N) is 1. The summed E-state index contributed by atoms with van der Waals surface area (Å²) in [4.78, 5) is 46.8. The van der Waals surface area contributed by atoms with Gasteiger partial charge >= 0.3 is 29.6 Å². The minimum absolute atomic E-state index is 0. The van der Waals surface area contributed by atoms with Crippen LogP contribution in [0.4, 0.5) is 5.13 Å². The Balaban J connectivity index is 0.00000240. The number of anilines is 1. The van der Waals surface area contributed by atoms with Crippen molar-refractivity contribution in [3.8, 4) is 0 Å². The molecule has 2 fully saturated rings. The molecule has 0 spiro atoms. The van der Waals surface area contributed by atoms with Crippen LogP contribution in [0.2, 0.25) is 0 Å². The van der Waals surface area contributed by atoms with Crippen LogP contribution in [0.1, 0.15) is 18.5 Å². The molecule has 3 heterocycles. The zero-order valence-corrected chi connectivity index (χ0v) is 19.3. The fourth-order valence-electron chi connectivity index (χ4n) is 3.28. The molecule has 1 aromatic heterocycles. The van der Waals surface area contributed by atoms with Gasteiger partial charge in [-0.25, -0.2) is 4.98 Å². The summed E-state index contributed by atoms with van der Waals surface area (Å²) in [6, 6.07) is -0.870. The number of β-lactam (4-membered cyclic amide) rings is 1. The maximum absolute atomic E-state index is 12.6. The number of thioether (sulfide) groups is 1. The first-order chi connectivity index (χ1) is 13.4. The van der Waals surface area contributed by atoms with E-state index in [4.69, 9.17) is 10.6 Å². The van der Waals surface area contributed by atoms with Crippen LogP contribution in [0, 0.1) is 5.92 Å². The van der Waals surface area contributed by atoms with Crippen LogP contribution in [-0.2, 0) is 19.2 Å². The van der Waals surface area contributed by atoms with E-state index < -0.39 is 29.2 Å². The number of nitrogens with one attached hydrogen (secondary N) is 1. The van der Waals surface area contributed by atoms with E-state index in [0.29, 0.717) is 5.75 Å². The van der Waals surface area contributed by atoms with Crippen LogP contribution in [0.25, 0.3) is 0 Å². The van der Waals surface area contributed by atoms with E-state index in [-0.39, 0.29) is 57.7 Å². The summed E-state index contributed by atoms with van der Waals surface area (Å²) in [5.74, 6) is -1.80. The number of thiazole rings is 1. The third-order valence-electron chi connectivity index (χ3n) is 4.71. The van der Waals surface area contributed by atoms with Crippen molar-refractivity contribution in [3.63, 3.8) is 0 Å². The second-order valence-corrected chi connectivity index (χ2v) is 8.48. The third kappa shape index (κ3) is 4.04. The standard InChI is InChI=1S/C16H17N5O5S2.Na/c1-26-20-9(8-5-28-16(17)18-8)12(22)19-10-13(23)21-11(15(24)25)7(6-2-3-6)4-27-14(10)21;/h5-6,10,14H,2-4H2,1H3,(H2,17,18)(H,19,22)(H,24,25);/q;+1/p-1/b20-9-;/t10-,14-;/m1./s1. The van der Waals surface area contributed by atoms with Crippen molar-refractivity contribution >= 4 is 51.7 Å². The maximum Gasteiger partial charge on any atom is 1.00 e. The predicted molar refractivity (Wildman–Crippen MR) is 99.9 cm³/mol. The molecule has 2 atom stereocenters. The molecule has 0 aromatic carbocycles. The molecule has 2 amide bonds. The molecular weight excluding hydrogens is 429 g/mol. The second kappa shape index (κ2) is 8.64. The Morgan fingerprint density at radius 2 is 2.17 bits per heavy atom. The van der Waals surface area contributed by atoms with E-state index in [2.05, 4.69) is 15.5 Å². The van der Waals surface area contributed by atoms with Gasteiger partial charge in [0.2, 0.25) is 0 Å². The summed E-state index contributed by atoms with van der Waals surface area (Å²) in [6.45, 7) is 0. The van der Waals surface area contributed by atoms with Crippen molar-refractivity contribution in [3.05, 3.63) is 22.3 Å². The number of rotatable bonds is 6. The number of carbonyl (C=O) groups excluding carboxylic acids is 3. The summed E-state index contributed by atoms with van der Waals surface area (Å²) < 4.78 is 0. The van der Waals surface area contributed by atoms with Gasteiger partial charge in [-0.1, -0.05) is 5.16 Å². The monoisotopic (exact) mass is 445 g/mol. The van der Waals surface area contributed by atoms with Gasteiger partial charge in [-0.15, -0.1) is 23.1 Å². The van der Waals surface area contributed by atoms with Crippen LogP contribution in [0.15, 0.2) is 21.8 Å². The number of carboxylic acid groups (broad SMARTS) is 1. The number of aromatic nitrogens is 1. The molecule has 10 nitrogen and oxygen atoms in total. The molecule has 13 heteroatoms. The Morgan fingerprint density at radius 3 is 2.72 bits per heavy atom. The third-order valence-corrected chi connectivity index (χ3v) is 6.69. The number of nitrogens with zero attached hydrogens (tertiary/aromatic N) is 3. The Bertz CT molecular complexity index is 929. The SMILES string of the molecule is CO/N=C(\C(=O)N[C@@H]1C(=O)N2C(C(=O)[O-])=C(C3CC3)CS[C@H]12)c1csc(N)n1.[Na+]. The molecule has 1 saturated heterocycles. The van der Waals surface area contributed by atoms with Crippen molar-refractivity contribution in [2.45, 2.75) is 24.3 Å². The van der Waals surface area contributed by atoms with Gasteiger partial charge in [-0.3, -0.25) is 14.5 Å². The molecule has 0 radical (unpaired) electrons.